The van der Waals surface area contributed by atoms with Gasteiger partial charge in [0.1, 0.15) is 6.04 Å². The quantitative estimate of drug-likeness (QED) is 0.527. The molecular weight excluding hydrogens is 404 g/mol. The van der Waals surface area contributed by atoms with Crippen LogP contribution in [0.4, 0.5) is 8.78 Å². The number of esters is 1. The molecule has 0 radical (unpaired) electrons. The van der Waals surface area contributed by atoms with E-state index in [2.05, 4.69) is 0 Å². The number of sulfonamides is 1. The molecular formula is C20H19F2NO5S. The summed E-state index contributed by atoms with van der Waals surface area (Å²) in [5.41, 5.74) is -0.144. The zero-order valence-electron chi connectivity index (χ0n) is 15.4. The molecule has 9 heteroatoms. The first kappa shape index (κ1) is 21.1. The number of carbonyl (C=O) groups is 2. The lowest BCUT2D eigenvalue weighted by molar-refractivity contribution is -0.148. The van der Waals surface area contributed by atoms with Crippen LogP contribution in [0.2, 0.25) is 0 Å². The van der Waals surface area contributed by atoms with Crippen molar-refractivity contribution < 1.29 is 31.5 Å². The second-order valence-electron chi connectivity index (χ2n) is 6.60. The van der Waals surface area contributed by atoms with Crippen LogP contribution in [0, 0.1) is 11.6 Å². The molecule has 0 N–H and O–H groups in total. The molecule has 0 saturated carbocycles. The van der Waals surface area contributed by atoms with Gasteiger partial charge in [0.05, 0.1) is 4.90 Å². The normalized spacial score (nSPS) is 17.7. The zero-order chi connectivity index (χ0) is 21.0. The number of rotatable bonds is 6. The lowest BCUT2D eigenvalue weighted by Crippen LogP contribution is -2.48. The van der Waals surface area contributed by atoms with Crippen molar-refractivity contribution >= 4 is 21.8 Å². The number of piperidine rings is 1. The first-order valence-electron chi connectivity index (χ1n) is 9.02. The molecule has 1 fully saturated rings. The van der Waals surface area contributed by atoms with Crippen molar-refractivity contribution in [2.45, 2.75) is 30.2 Å². The highest BCUT2D eigenvalue weighted by atomic mass is 32.2. The van der Waals surface area contributed by atoms with Gasteiger partial charge >= 0.3 is 5.97 Å². The minimum atomic E-state index is -3.90. The van der Waals surface area contributed by atoms with Crippen LogP contribution in [0.3, 0.4) is 0 Å². The van der Waals surface area contributed by atoms with E-state index in [9.17, 15) is 26.8 Å². The number of ketones is 1. The molecule has 0 amide bonds. The fourth-order valence-electron chi connectivity index (χ4n) is 3.14. The van der Waals surface area contributed by atoms with Crippen molar-refractivity contribution in [1.29, 1.82) is 0 Å². The summed E-state index contributed by atoms with van der Waals surface area (Å²) in [6.45, 7) is -0.534. The van der Waals surface area contributed by atoms with Crippen molar-refractivity contribution in [2.75, 3.05) is 13.2 Å². The summed E-state index contributed by atoms with van der Waals surface area (Å²) >= 11 is 0. The van der Waals surface area contributed by atoms with E-state index in [1.54, 1.807) is 18.2 Å². The van der Waals surface area contributed by atoms with Crippen molar-refractivity contribution in [3.05, 3.63) is 65.7 Å². The van der Waals surface area contributed by atoms with E-state index in [0.29, 0.717) is 12.8 Å². The Morgan fingerprint density at radius 2 is 1.76 bits per heavy atom. The third kappa shape index (κ3) is 4.68. The standard InChI is InChI=1S/C20H19F2NO5S/c21-16-10-9-14(12-17(16)22)19(24)13-28-20(25)18-8-4-5-11-23(18)29(26,27)15-6-2-1-3-7-15/h1-3,6-7,9-10,12,18H,4-5,8,11,13H2. The topological polar surface area (TPSA) is 80.8 Å². The van der Waals surface area contributed by atoms with Crippen LogP contribution >= 0.6 is 0 Å². The number of hydrogen-bond acceptors (Lipinski definition) is 5. The number of benzene rings is 2. The van der Waals surface area contributed by atoms with Gasteiger partial charge in [-0.25, -0.2) is 17.2 Å². The Morgan fingerprint density at radius 1 is 1.03 bits per heavy atom. The number of Topliss-reactive ketones (excluding diaryl/α,β-unsaturated/α-hetero) is 1. The molecule has 2 aromatic carbocycles. The highest BCUT2D eigenvalue weighted by Crippen LogP contribution is 2.26. The molecule has 1 aliphatic heterocycles. The Kier molecular flexibility index (Phi) is 6.39. The van der Waals surface area contributed by atoms with Crippen molar-refractivity contribution in [2.24, 2.45) is 0 Å². The molecule has 1 saturated heterocycles. The molecule has 1 heterocycles. The first-order valence-corrected chi connectivity index (χ1v) is 10.5. The summed E-state index contributed by atoms with van der Waals surface area (Å²) in [5, 5.41) is 0. The van der Waals surface area contributed by atoms with E-state index in [1.807, 2.05) is 0 Å². The highest BCUT2D eigenvalue weighted by Gasteiger charge is 2.38. The summed E-state index contributed by atoms with van der Waals surface area (Å²) in [7, 11) is -3.90. The molecule has 0 bridgehead atoms. The molecule has 0 aliphatic carbocycles. The third-order valence-electron chi connectivity index (χ3n) is 4.66. The summed E-state index contributed by atoms with van der Waals surface area (Å²) < 4.78 is 58.2. The average Bonchev–Trinajstić information content (AvgIpc) is 2.74. The molecule has 1 aliphatic rings. The van der Waals surface area contributed by atoms with Crippen molar-refractivity contribution in [3.8, 4) is 0 Å². The second kappa shape index (κ2) is 8.79. The largest absolute Gasteiger partial charge is 0.456 e. The van der Waals surface area contributed by atoms with E-state index in [4.69, 9.17) is 4.74 Å². The summed E-state index contributed by atoms with van der Waals surface area (Å²) in [5.74, 6) is -3.84. The number of halogens is 2. The number of nitrogens with zero attached hydrogens (tertiary/aromatic N) is 1. The lowest BCUT2D eigenvalue weighted by atomic mass is 10.1. The van der Waals surface area contributed by atoms with Gasteiger partial charge in [-0.05, 0) is 49.6 Å². The van der Waals surface area contributed by atoms with Crippen LogP contribution in [-0.2, 0) is 19.6 Å². The van der Waals surface area contributed by atoms with E-state index >= 15 is 0 Å². The fraction of sp³-hybridized carbons (Fsp3) is 0.300. The smallest absolute Gasteiger partial charge is 0.324 e. The Labute approximate surface area is 167 Å². The maximum absolute atomic E-state index is 13.3. The second-order valence-corrected chi connectivity index (χ2v) is 8.49. The number of hydrogen-bond donors (Lipinski definition) is 0. The van der Waals surface area contributed by atoms with E-state index < -0.39 is 46.1 Å². The third-order valence-corrected chi connectivity index (χ3v) is 6.59. The molecule has 1 atom stereocenters. The van der Waals surface area contributed by atoms with E-state index in [1.165, 1.54) is 12.1 Å². The van der Waals surface area contributed by atoms with Gasteiger partial charge in [-0.3, -0.25) is 9.59 Å². The average molecular weight is 423 g/mol. The molecule has 6 nitrogen and oxygen atoms in total. The minimum Gasteiger partial charge on any atom is -0.456 e. The molecule has 0 spiro atoms. The van der Waals surface area contributed by atoms with Crippen LogP contribution in [-0.4, -0.2) is 43.7 Å². The summed E-state index contributed by atoms with van der Waals surface area (Å²) in [4.78, 5) is 24.7. The van der Waals surface area contributed by atoms with Crippen LogP contribution < -0.4 is 0 Å². The molecule has 154 valence electrons. The molecule has 29 heavy (non-hydrogen) atoms. The maximum Gasteiger partial charge on any atom is 0.324 e. The van der Waals surface area contributed by atoms with E-state index in [-0.39, 0.29) is 23.4 Å². The number of carbonyl (C=O) groups excluding carboxylic acids is 2. The lowest BCUT2D eigenvalue weighted by Gasteiger charge is -2.32. The van der Waals surface area contributed by atoms with Crippen molar-refractivity contribution in [1.82, 2.24) is 4.31 Å². The van der Waals surface area contributed by atoms with Gasteiger partial charge in [0.25, 0.3) is 0 Å². The first-order chi connectivity index (χ1) is 13.8. The predicted molar refractivity (Wildman–Crippen MR) is 99.6 cm³/mol. The van der Waals surface area contributed by atoms with Crippen LogP contribution in [0.1, 0.15) is 29.6 Å². The van der Waals surface area contributed by atoms with Gasteiger partial charge in [0.15, 0.2) is 24.0 Å². The monoisotopic (exact) mass is 423 g/mol. The van der Waals surface area contributed by atoms with Gasteiger partial charge in [-0.15, -0.1) is 0 Å². The van der Waals surface area contributed by atoms with Gasteiger partial charge in [-0.1, -0.05) is 18.2 Å². The Balaban J connectivity index is 1.71. The Bertz CT molecular complexity index is 1010. The predicted octanol–water partition coefficient (Wildman–Crippen LogP) is 2.93. The van der Waals surface area contributed by atoms with Gasteiger partial charge < -0.3 is 4.74 Å². The summed E-state index contributed by atoms with van der Waals surface area (Å²) in [6, 6.07) is 9.31. The SMILES string of the molecule is O=C(COC(=O)C1CCCCN1S(=O)(=O)c1ccccc1)c1ccc(F)c(F)c1. The maximum atomic E-state index is 13.3. The molecule has 3 rings (SSSR count). The highest BCUT2D eigenvalue weighted by molar-refractivity contribution is 7.89. The molecule has 2 aromatic rings. The zero-order valence-corrected chi connectivity index (χ0v) is 16.2. The summed E-state index contributed by atoms with van der Waals surface area (Å²) in [6.07, 6.45) is 1.51. The van der Waals surface area contributed by atoms with Crippen LogP contribution in [0.25, 0.3) is 0 Å². The van der Waals surface area contributed by atoms with Crippen molar-refractivity contribution in [3.63, 3.8) is 0 Å². The fourth-order valence-corrected chi connectivity index (χ4v) is 4.81. The van der Waals surface area contributed by atoms with E-state index in [0.717, 1.165) is 22.5 Å². The van der Waals surface area contributed by atoms with Crippen LogP contribution in [0.15, 0.2) is 53.4 Å². The van der Waals surface area contributed by atoms with Crippen LogP contribution in [0.5, 0.6) is 0 Å². The van der Waals surface area contributed by atoms with Gasteiger partial charge in [0.2, 0.25) is 10.0 Å². The molecule has 0 aromatic heterocycles. The molecule has 1 unspecified atom stereocenters. The Hall–Kier alpha value is -2.65. The minimum absolute atomic E-state index is 0.0672. The Morgan fingerprint density at radius 3 is 2.45 bits per heavy atom. The van der Waals surface area contributed by atoms with Gasteiger partial charge in [0, 0.05) is 12.1 Å². The number of ether oxygens (including phenoxy) is 1. The van der Waals surface area contributed by atoms with Gasteiger partial charge in [-0.2, -0.15) is 4.31 Å².